The van der Waals surface area contributed by atoms with Crippen molar-refractivity contribution < 1.29 is 17.9 Å². The molecule has 0 amide bonds. The van der Waals surface area contributed by atoms with Gasteiger partial charge in [0.05, 0.1) is 0 Å². The van der Waals surface area contributed by atoms with Gasteiger partial charge in [-0.05, 0) is 37.1 Å². The molecule has 114 valence electrons. The van der Waals surface area contributed by atoms with Gasteiger partial charge in [0.1, 0.15) is 5.75 Å². The first-order valence-corrected chi connectivity index (χ1v) is 7.00. The van der Waals surface area contributed by atoms with E-state index in [1.165, 1.54) is 0 Å². The molecule has 1 aromatic carbocycles. The Bertz CT molecular complexity index is 370. The summed E-state index contributed by atoms with van der Waals surface area (Å²) in [6, 6.07) is 7.03. The van der Waals surface area contributed by atoms with Crippen LogP contribution in [0, 0.1) is 0 Å². The van der Waals surface area contributed by atoms with Crippen molar-refractivity contribution in [1.29, 1.82) is 0 Å². The minimum atomic E-state index is -4.30. The lowest BCUT2D eigenvalue weighted by Gasteiger charge is -2.19. The zero-order valence-corrected chi connectivity index (χ0v) is 12.0. The molecule has 0 atom stereocenters. The molecule has 0 fully saturated rings. The van der Waals surface area contributed by atoms with Gasteiger partial charge in [0, 0.05) is 11.7 Å². The number of anilines is 1. The van der Waals surface area contributed by atoms with Gasteiger partial charge in [-0.2, -0.15) is 13.2 Å². The number of ether oxygens (including phenoxy) is 1. The van der Waals surface area contributed by atoms with Gasteiger partial charge >= 0.3 is 6.18 Å². The summed E-state index contributed by atoms with van der Waals surface area (Å²) in [5.41, 5.74) is 0.913. The summed E-state index contributed by atoms with van der Waals surface area (Å²) in [7, 11) is 0. The van der Waals surface area contributed by atoms with E-state index in [0.717, 1.165) is 31.4 Å². The van der Waals surface area contributed by atoms with Crippen LogP contribution in [0.2, 0.25) is 0 Å². The second kappa shape index (κ2) is 8.02. The fourth-order valence-electron chi connectivity index (χ4n) is 2.03. The number of hydrogen-bond donors (Lipinski definition) is 1. The molecular formula is C15H22F3NO. The SMILES string of the molecule is CCCC(CCC)Nc1ccc(OCC(F)(F)F)cc1. The van der Waals surface area contributed by atoms with Gasteiger partial charge in [0.25, 0.3) is 0 Å². The quantitative estimate of drug-likeness (QED) is 0.726. The van der Waals surface area contributed by atoms with Gasteiger partial charge < -0.3 is 10.1 Å². The van der Waals surface area contributed by atoms with Crippen LogP contribution in [0.3, 0.4) is 0 Å². The molecule has 20 heavy (non-hydrogen) atoms. The van der Waals surface area contributed by atoms with Crippen molar-refractivity contribution in [3.63, 3.8) is 0 Å². The largest absolute Gasteiger partial charge is 0.484 e. The number of halogens is 3. The first kappa shape index (κ1) is 16.7. The van der Waals surface area contributed by atoms with Crippen molar-refractivity contribution in [2.24, 2.45) is 0 Å². The maximum absolute atomic E-state index is 12.0. The Balaban J connectivity index is 2.52. The number of rotatable bonds is 8. The Hall–Kier alpha value is -1.39. The Morgan fingerprint density at radius 2 is 1.60 bits per heavy atom. The predicted octanol–water partition coefficient (Wildman–Crippen LogP) is 5.01. The lowest BCUT2D eigenvalue weighted by atomic mass is 10.1. The van der Waals surface area contributed by atoms with Crippen LogP contribution in [-0.4, -0.2) is 18.8 Å². The van der Waals surface area contributed by atoms with Crippen molar-refractivity contribution in [3.8, 4) is 5.75 Å². The minimum Gasteiger partial charge on any atom is -0.484 e. The lowest BCUT2D eigenvalue weighted by Crippen LogP contribution is -2.19. The Kier molecular flexibility index (Phi) is 6.68. The van der Waals surface area contributed by atoms with Gasteiger partial charge in [0.15, 0.2) is 6.61 Å². The molecule has 0 unspecified atom stereocenters. The average Bonchev–Trinajstić information content (AvgIpc) is 2.38. The Labute approximate surface area is 118 Å². The van der Waals surface area contributed by atoms with E-state index in [4.69, 9.17) is 0 Å². The lowest BCUT2D eigenvalue weighted by molar-refractivity contribution is -0.153. The van der Waals surface area contributed by atoms with Crippen LogP contribution in [0.15, 0.2) is 24.3 Å². The fraction of sp³-hybridized carbons (Fsp3) is 0.600. The van der Waals surface area contributed by atoms with E-state index in [2.05, 4.69) is 23.9 Å². The van der Waals surface area contributed by atoms with Crippen LogP contribution in [0.5, 0.6) is 5.75 Å². The third-order valence-electron chi connectivity index (χ3n) is 2.90. The highest BCUT2D eigenvalue weighted by molar-refractivity contribution is 5.47. The molecule has 0 spiro atoms. The number of alkyl halides is 3. The zero-order valence-electron chi connectivity index (χ0n) is 12.0. The topological polar surface area (TPSA) is 21.3 Å². The van der Waals surface area contributed by atoms with Crippen LogP contribution in [0.25, 0.3) is 0 Å². The number of nitrogens with one attached hydrogen (secondary N) is 1. The molecule has 1 rings (SSSR count). The van der Waals surface area contributed by atoms with E-state index in [1.807, 2.05) is 0 Å². The Morgan fingerprint density at radius 1 is 1.05 bits per heavy atom. The first-order chi connectivity index (χ1) is 9.44. The molecule has 1 aromatic rings. The maximum Gasteiger partial charge on any atom is 0.422 e. The highest BCUT2D eigenvalue weighted by Gasteiger charge is 2.28. The van der Waals surface area contributed by atoms with E-state index in [0.29, 0.717) is 6.04 Å². The van der Waals surface area contributed by atoms with E-state index >= 15 is 0 Å². The smallest absolute Gasteiger partial charge is 0.422 e. The standard InChI is InChI=1S/C15H22F3NO/c1-3-5-12(6-4-2)19-13-7-9-14(10-8-13)20-11-15(16,17)18/h7-10,12,19H,3-6,11H2,1-2H3. The molecule has 0 aromatic heterocycles. The van der Waals surface area contributed by atoms with Gasteiger partial charge in [-0.3, -0.25) is 0 Å². The minimum absolute atomic E-state index is 0.232. The highest BCUT2D eigenvalue weighted by atomic mass is 19.4. The highest BCUT2D eigenvalue weighted by Crippen LogP contribution is 2.21. The van der Waals surface area contributed by atoms with Gasteiger partial charge in [-0.25, -0.2) is 0 Å². The van der Waals surface area contributed by atoms with E-state index in [-0.39, 0.29) is 5.75 Å². The summed E-state index contributed by atoms with van der Waals surface area (Å²) >= 11 is 0. The van der Waals surface area contributed by atoms with Crippen LogP contribution in [0.1, 0.15) is 39.5 Å². The molecule has 0 aliphatic heterocycles. The molecule has 0 saturated carbocycles. The van der Waals surface area contributed by atoms with Crippen molar-refractivity contribution in [3.05, 3.63) is 24.3 Å². The zero-order chi connectivity index (χ0) is 15.0. The van der Waals surface area contributed by atoms with Crippen LogP contribution in [0.4, 0.5) is 18.9 Å². The van der Waals surface area contributed by atoms with Crippen LogP contribution >= 0.6 is 0 Å². The van der Waals surface area contributed by atoms with E-state index < -0.39 is 12.8 Å². The second-order valence-corrected chi connectivity index (χ2v) is 4.85. The normalized spacial score (nSPS) is 11.7. The molecule has 0 bridgehead atoms. The molecule has 1 N–H and O–H groups in total. The average molecular weight is 289 g/mol. The number of benzene rings is 1. The van der Waals surface area contributed by atoms with Crippen molar-refractivity contribution in [2.45, 2.75) is 51.7 Å². The fourth-order valence-corrected chi connectivity index (χ4v) is 2.03. The monoisotopic (exact) mass is 289 g/mol. The molecule has 2 nitrogen and oxygen atoms in total. The van der Waals surface area contributed by atoms with Crippen molar-refractivity contribution in [1.82, 2.24) is 0 Å². The summed E-state index contributed by atoms with van der Waals surface area (Å²) < 4.78 is 40.7. The number of hydrogen-bond acceptors (Lipinski definition) is 2. The molecule has 0 saturated heterocycles. The molecule has 0 heterocycles. The van der Waals surface area contributed by atoms with Gasteiger partial charge in [0.2, 0.25) is 0 Å². The summed E-state index contributed by atoms with van der Waals surface area (Å²) in [6.45, 7) is 3.02. The first-order valence-electron chi connectivity index (χ1n) is 7.00. The van der Waals surface area contributed by atoms with Crippen LogP contribution < -0.4 is 10.1 Å². The van der Waals surface area contributed by atoms with E-state index in [1.54, 1.807) is 24.3 Å². The molecular weight excluding hydrogens is 267 g/mol. The van der Waals surface area contributed by atoms with Gasteiger partial charge in [-0.15, -0.1) is 0 Å². The molecule has 0 radical (unpaired) electrons. The third kappa shape index (κ3) is 6.68. The maximum atomic E-state index is 12.0. The molecule has 0 aliphatic carbocycles. The van der Waals surface area contributed by atoms with Gasteiger partial charge in [-0.1, -0.05) is 26.7 Å². The third-order valence-corrected chi connectivity index (χ3v) is 2.90. The Morgan fingerprint density at radius 3 is 2.05 bits per heavy atom. The molecule has 0 aliphatic rings. The summed E-state index contributed by atoms with van der Waals surface area (Å²) in [4.78, 5) is 0. The second-order valence-electron chi connectivity index (χ2n) is 4.85. The predicted molar refractivity (Wildman–Crippen MR) is 75.2 cm³/mol. The summed E-state index contributed by atoms with van der Waals surface area (Å²) in [5, 5.41) is 3.40. The van der Waals surface area contributed by atoms with E-state index in [9.17, 15) is 13.2 Å². The summed E-state index contributed by atoms with van der Waals surface area (Å²) in [6.07, 6.45) is 0.0689. The molecule has 5 heteroatoms. The van der Waals surface area contributed by atoms with Crippen molar-refractivity contribution >= 4 is 5.69 Å². The summed E-state index contributed by atoms with van der Waals surface area (Å²) in [5.74, 6) is 0.232. The van der Waals surface area contributed by atoms with Crippen molar-refractivity contribution in [2.75, 3.05) is 11.9 Å². The van der Waals surface area contributed by atoms with Crippen LogP contribution in [-0.2, 0) is 0 Å².